The lowest BCUT2D eigenvalue weighted by molar-refractivity contribution is 0.200. The Morgan fingerprint density at radius 2 is 2.14 bits per heavy atom. The van der Waals surface area contributed by atoms with E-state index in [0.717, 1.165) is 29.3 Å². The number of para-hydroxylation sites is 1. The van der Waals surface area contributed by atoms with Crippen molar-refractivity contribution in [3.05, 3.63) is 42.1 Å². The van der Waals surface area contributed by atoms with Gasteiger partial charge in [0, 0.05) is 36.8 Å². The molecule has 0 aliphatic heterocycles. The van der Waals surface area contributed by atoms with Crippen LogP contribution in [0, 0.1) is 5.92 Å². The predicted octanol–water partition coefficient (Wildman–Crippen LogP) is 1.99. The highest BCUT2D eigenvalue weighted by Crippen LogP contribution is 2.29. The van der Waals surface area contributed by atoms with Crippen molar-refractivity contribution in [2.24, 2.45) is 11.7 Å². The van der Waals surface area contributed by atoms with Crippen LogP contribution in [0.1, 0.15) is 30.9 Å². The molecule has 4 heteroatoms. The topological polar surface area (TPSA) is 71.2 Å². The van der Waals surface area contributed by atoms with E-state index >= 15 is 0 Å². The maximum absolute atomic E-state index is 9.48. The van der Waals surface area contributed by atoms with E-state index in [1.807, 2.05) is 12.3 Å². The van der Waals surface area contributed by atoms with Crippen molar-refractivity contribution in [1.82, 2.24) is 10.3 Å². The number of aliphatic hydroxyl groups excluding tert-OH is 1. The minimum Gasteiger partial charge on any atom is -0.396 e. The molecule has 2 aromatic rings. The highest BCUT2D eigenvalue weighted by molar-refractivity contribution is 5.82. The van der Waals surface area contributed by atoms with Gasteiger partial charge in [0.05, 0.1) is 5.52 Å². The number of nitrogens with two attached hydrogens (primary N) is 1. The Balaban J connectivity index is 1.88. The standard InChI is InChI=1S/C17H23N3O/c18-10-16(20-15-8-2-5-13(15)11-21)14-7-1-4-12-6-3-9-19-17(12)14/h1,3-4,6-7,9,13,15-16,20-21H,2,5,8,10-11,18H2. The Morgan fingerprint density at radius 1 is 1.29 bits per heavy atom. The summed E-state index contributed by atoms with van der Waals surface area (Å²) in [6.45, 7) is 0.785. The molecule has 0 bridgehead atoms. The molecule has 3 rings (SSSR count). The van der Waals surface area contributed by atoms with Crippen LogP contribution >= 0.6 is 0 Å². The predicted molar refractivity (Wildman–Crippen MR) is 84.9 cm³/mol. The third-order valence-electron chi connectivity index (χ3n) is 4.58. The van der Waals surface area contributed by atoms with Crippen molar-refractivity contribution in [2.75, 3.05) is 13.2 Å². The van der Waals surface area contributed by atoms with E-state index in [1.54, 1.807) is 0 Å². The second-order valence-electron chi connectivity index (χ2n) is 5.86. The Bertz CT molecular complexity index is 596. The summed E-state index contributed by atoms with van der Waals surface area (Å²) in [7, 11) is 0. The van der Waals surface area contributed by atoms with E-state index in [9.17, 15) is 5.11 Å². The van der Waals surface area contributed by atoms with E-state index in [2.05, 4.69) is 34.6 Å². The van der Waals surface area contributed by atoms with Gasteiger partial charge in [-0.3, -0.25) is 4.98 Å². The van der Waals surface area contributed by atoms with Gasteiger partial charge in [0.15, 0.2) is 0 Å². The molecule has 1 aromatic carbocycles. The molecule has 4 nitrogen and oxygen atoms in total. The van der Waals surface area contributed by atoms with Gasteiger partial charge in [0.25, 0.3) is 0 Å². The molecule has 0 amide bonds. The van der Waals surface area contributed by atoms with Crippen LogP contribution in [0.4, 0.5) is 0 Å². The van der Waals surface area contributed by atoms with Crippen LogP contribution in [0.25, 0.3) is 10.9 Å². The zero-order chi connectivity index (χ0) is 14.7. The number of aromatic nitrogens is 1. The number of benzene rings is 1. The number of fused-ring (bicyclic) bond motifs is 1. The molecule has 1 aliphatic carbocycles. The quantitative estimate of drug-likeness (QED) is 0.785. The first kappa shape index (κ1) is 14.4. The summed E-state index contributed by atoms with van der Waals surface area (Å²) in [5.74, 6) is 0.349. The zero-order valence-corrected chi connectivity index (χ0v) is 12.2. The van der Waals surface area contributed by atoms with Crippen LogP contribution in [0.3, 0.4) is 0 Å². The molecule has 3 atom stereocenters. The average molecular weight is 285 g/mol. The van der Waals surface area contributed by atoms with E-state index in [0.29, 0.717) is 18.5 Å². The molecule has 0 saturated heterocycles. The first-order chi connectivity index (χ1) is 10.3. The minimum absolute atomic E-state index is 0.0840. The number of nitrogens with one attached hydrogen (secondary N) is 1. The van der Waals surface area contributed by atoms with Gasteiger partial charge in [-0.15, -0.1) is 0 Å². The summed E-state index contributed by atoms with van der Waals surface area (Å²) in [6.07, 6.45) is 5.21. The van der Waals surface area contributed by atoms with Crippen molar-refractivity contribution < 1.29 is 5.11 Å². The molecule has 1 fully saturated rings. The Morgan fingerprint density at radius 3 is 2.95 bits per heavy atom. The molecule has 4 N–H and O–H groups in total. The summed E-state index contributed by atoms with van der Waals surface area (Å²) in [5, 5.41) is 14.3. The summed E-state index contributed by atoms with van der Waals surface area (Å²) in [5.41, 5.74) is 8.18. The van der Waals surface area contributed by atoms with Gasteiger partial charge in [-0.25, -0.2) is 0 Å². The molecule has 0 radical (unpaired) electrons. The summed E-state index contributed by atoms with van der Waals surface area (Å²) in [6, 6.07) is 10.7. The molecule has 1 saturated carbocycles. The highest BCUT2D eigenvalue weighted by Gasteiger charge is 2.29. The average Bonchev–Trinajstić information content (AvgIpc) is 2.99. The Kier molecular flexibility index (Phi) is 4.48. The number of rotatable bonds is 5. The third kappa shape index (κ3) is 2.93. The normalized spacial score (nSPS) is 23.5. The molecular formula is C17H23N3O. The molecule has 1 aromatic heterocycles. The fourth-order valence-corrected chi connectivity index (χ4v) is 3.43. The smallest absolute Gasteiger partial charge is 0.0750 e. The van der Waals surface area contributed by atoms with Gasteiger partial charge < -0.3 is 16.2 Å². The zero-order valence-electron chi connectivity index (χ0n) is 12.2. The lowest BCUT2D eigenvalue weighted by Crippen LogP contribution is -2.40. The molecule has 1 aliphatic rings. The second kappa shape index (κ2) is 6.52. The number of pyridine rings is 1. The van der Waals surface area contributed by atoms with Crippen LogP contribution in [-0.4, -0.2) is 29.3 Å². The summed E-state index contributed by atoms with van der Waals surface area (Å²) in [4.78, 5) is 4.52. The van der Waals surface area contributed by atoms with Crippen LogP contribution in [0.5, 0.6) is 0 Å². The fraction of sp³-hybridized carbons (Fsp3) is 0.471. The van der Waals surface area contributed by atoms with Gasteiger partial charge in [-0.1, -0.05) is 30.7 Å². The van der Waals surface area contributed by atoms with E-state index in [-0.39, 0.29) is 12.6 Å². The van der Waals surface area contributed by atoms with Gasteiger partial charge in [0.1, 0.15) is 0 Å². The van der Waals surface area contributed by atoms with E-state index < -0.39 is 0 Å². The second-order valence-corrected chi connectivity index (χ2v) is 5.86. The van der Waals surface area contributed by atoms with Crippen LogP contribution in [0.15, 0.2) is 36.5 Å². The molecule has 21 heavy (non-hydrogen) atoms. The number of hydrogen-bond acceptors (Lipinski definition) is 4. The van der Waals surface area contributed by atoms with Crippen molar-refractivity contribution in [2.45, 2.75) is 31.3 Å². The van der Waals surface area contributed by atoms with Crippen LogP contribution in [0.2, 0.25) is 0 Å². The maximum atomic E-state index is 9.48. The van der Waals surface area contributed by atoms with E-state index in [4.69, 9.17) is 5.73 Å². The molecule has 3 unspecified atom stereocenters. The summed E-state index contributed by atoms with van der Waals surface area (Å²) >= 11 is 0. The largest absolute Gasteiger partial charge is 0.396 e. The maximum Gasteiger partial charge on any atom is 0.0750 e. The third-order valence-corrected chi connectivity index (χ3v) is 4.58. The van der Waals surface area contributed by atoms with Crippen LogP contribution < -0.4 is 11.1 Å². The van der Waals surface area contributed by atoms with Gasteiger partial charge in [-0.05, 0) is 30.4 Å². The van der Waals surface area contributed by atoms with E-state index in [1.165, 1.54) is 6.42 Å². The Labute approximate surface area is 125 Å². The van der Waals surface area contributed by atoms with Crippen molar-refractivity contribution in [3.8, 4) is 0 Å². The monoisotopic (exact) mass is 285 g/mol. The van der Waals surface area contributed by atoms with Crippen molar-refractivity contribution in [3.63, 3.8) is 0 Å². The lowest BCUT2D eigenvalue weighted by atomic mass is 9.99. The van der Waals surface area contributed by atoms with Crippen molar-refractivity contribution in [1.29, 1.82) is 0 Å². The molecule has 0 spiro atoms. The molecular weight excluding hydrogens is 262 g/mol. The minimum atomic E-state index is 0.0840. The molecule has 1 heterocycles. The van der Waals surface area contributed by atoms with Crippen LogP contribution in [-0.2, 0) is 0 Å². The number of aliphatic hydroxyl groups is 1. The van der Waals surface area contributed by atoms with Gasteiger partial charge >= 0.3 is 0 Å². The summed E-state index contributed by atoms with van der Waals surface area (Å²) < 4.78 is 0. The van der Waals surface area contributed by atoms with Gasteiger partial charge in [-0.2, -0.15) is 0 Å². The fourth-order valence-electron chi connectivity index (χ4n) is 3.43. The van der Waals surface area contributed by atoms with Gasteiger partial charge in [0.2, 0.25) is 0 Å². The SMILES string of the molecule is NCC(NC1CCCC1CO)c1cccc2cccnc12. The highest BCUT2D eigenvalue weighted by atomic mass is 16.3. The number of hydrogen-bond donors (Lipinski definition) is 3. The lowest BCUT2D eigenvalue weighted by Gasteiger charge is -2.26. The Hall–Kier alpha value is -1.49. The first-order valence-corrected chi connectivity index (χ1v) is 7.74. The van der Waals surface area contributed by atoms with Crippen molar-refractivity contribution >= 4 is 10.9 Å². The number of nitrogens with zero attached hydrogens (tertiary/aromatic N) is 1. The molecule has 112 valence electrons. The first-order valence-electron chi connectivity index (χ1n) is 7.74.